The number of rotatable bonds is 4. The van der Waals surface area contributed by atoms with Crippen molar-refractivity contribution in [3.63, 3.8) is 0 Å². The average Bonchev–Trinajstić information content (AvgIpc) is 2.13. The van der Waals surface area contributed by atoms with Crippen LogP contribution in [0, 0.1) is 13.8 Å². The summed E-state index contributed by atoms with van der Waals surface area (Å²) >= 11 is 0. The molecule has 0 saturated carbocycles. The van der Waals surface area contributed by atoms with E-state index >= 15 is 0 Å². The van der Waals surface area contributed by atoms with Gasteiger partial charge in [0.1, 0.15) is 9.84 Å². The van der Waals surface area contributed by atoms with Gasteiger partial charge < -0.3 is 5.11 Å². The van der Waals surface area contributed by atoms with Crippen LogP contribution in [0.4, 0.5) is 0 Å². The standard InChI is InChI=1S/C12H18O3S/c1-9-5-4-6-10(2)12(9)11(13)7-8-16(3,14)15/h4-6,11,13H,7-8H2,1-3H3. The van der Waals surface area contributed by atoms with Gasteiger partial charge in [0, 0.05) is 6.26 Å². The highest BCUT2D eigenvalue weighted by Crippen LogP contribution is 2.24. The van der Waals surface area contributed by atoms with Crippen LogP contribution in [-0.2, 0) is 9.84 Å². The van der Waals surface area contributed by atoms with E-state index in [0.29, 0.717) is 0 Å². The zero-order chi connectivity index (χ0) is 12.3. The van der Waals surface area contributed by atoms with Crippen molar-refractivity contribution in [2.75, 3.05) is 12.0 Å². The Morgan fingerprint density at radius 1 is 1.25 bits per heavy atom. The lowest BCUT2D eigenvalue weighted by atomic mass is 9.97. The Morgan fingerprint density at radius 3 is 2.19 bits per heavy atom. The number of aliphatic hydroxyl groups is 1. The quantitative estimate of drug-likeness (QED) is 0.875. The first-order valence-corrected chi connectivity index (χ1v) is 7.29. The zero-order valence-electron chi connectivity index (χ0n) is 9.90. The Morgan fingerprint density at radius 2 is 1.75 bits per heavy atom. The molecule has 1 atom stereocenters. The Hall–Kier alpha value is -0.870. The summed E-state index contributed by atoms with van der Waals surface area (Å²) in [4.78, 5) is 0. The monoisotopic (exact) mass is 242 g/mol. The van der Waals surface area contributed by atoms with Gasteiger partial charge in [0.2, 0.25) is 0 Å². The summed E-state index contributed by atoms with van der Waals surface area (Å²) in [6.45, 7) is 3.85. The van der Waals surface area contributed by atoms with Gasteiger partial charge in [-0.2, -0.15) is 0 Å². The number of sulfone groups is 1. The molecule has 0 spiro atoms. The van der Waals surface area contributed by atoms with Gasteiger partial charge in [0.25, 0.3) is 0 Å². The number of aryl methyl sites for hydroxylation is 2. The lowest BCUT2D eigenvalue weighted by molar-refractivity contribution is 0.173. The molecule has 0 aromatic heterocycles. The topological polar surface area (TPSA) is 54.4 Å². The van der Waals surface area contributed by atoms with Gasteiger partial charge in [0.15, 0.2) is 0 Å². The number of hydrogen-bond acceptors (Lipinski definition) is 3. The largest absolute Gasteiger partial charge is 0.388 e. The predicted octanol–water partition coefficient (Wildman–Crippen LogP) is 1.77. The molecule has 0 aliphatic carbocycles. The third kappa shape index (κ3) is 3.61. The molecule has 4 heteroatoms. The molecule has 0 bridgehead atoms. The molecular formula is C12H18O3S. The van der Waals surface area contributed by atoms with E-state index in [1.165, 1.54) is 6.26 Å². The van der Waals surface area contributed by atoms with Crippen LogP contribution in [0.3, 0.4) is 0 Å². The highest BCUT2D eigenvalue weighted by molar-refractivity contribution is 7.90. The van der Waals surface area contributed by atoms with Gasteiger partial charge in [-0.15, -0.1) is 0 Å². The second-order valence-corrected chi connectivity index (χ2v) is 6.50. The van der Waals surface area contributed by atoms with Crippen LogP contribution in [0.5, 0.6) is 0 Å². The lowest BCUT2D eigenvalue weighted by Crippen LogP contribution is -2.10. The van der Waals surface area contributed by atoms with Crippen LogP contribution in [0.2, 0.25) is 0 Å². The summed E-state index contributed by atoms with van der Waals surface area (Å²) in [7, 11) is -3.01. The van der Waals surface area contributed by atoms with Crippen LogP contribution in [0.15, 0.2) is 18.2 Å². The molecule has 0 aliphatic rings. The molecule has 3 nitrogen and oxygen atoms in total. The summed E-state index contributed by atoms with van der Waals surface area (Å²) < 4.78 is 22.1. The summed E-state index contributed by atoms with van der Waals surface area (Å²) in [6, 6.07) is 5.77. The molecule has 0 fully saturated rings. The fourth-order valence-corrected chi connectivity index (χ4v) is 2.47. The minimum Gasteiger partial charge on any atom is -0.388 e. The van der Waals surface area contributed by atoms with E-state index in [9.17, 15) is 13.5 Å². The van der Waals surface area contributed by atoms with Gasteiger partial charge in [-0.05, 0) is 37.0 Å². The smallest absolute Gasteiger partial charge is 0.147 e. The molecule has 0 amide bonds. The van der Waals surface area contributed by atoms with Crippen molar-refractivity contribution in [1.82, 2.24) is 0 Å². The maximum absolute atomic E-state index is 11.0. The highest BCUT2D eigenvalue weighted by Gasteiger charge is 2.15. The van der Waals surface area contributed by atoms with Crippen molar-refractivity contribution in [2.24, 2.45) is 0 Å². The van der Waals surface area contributed by atoms with Crippen molar-refractivity contribution in [3.05, 3.63) is 34.9 Å². The third-order valence-corrected chi connectivity index (χ3v) is 3.61. The molecule has 0 heterocycles. The average molecular weight is 242 g/mol. The molecule has 1 unspecified atom stereocenters. The predicted molar refractivity (Wildman–Crippen MR) is 65.2 cm³/mol. The van der Waals surface area contributed by atoms with Crippen molar-refractivity contribution >= 4 is 9.84 Å². The first kappa shape index (κ1) is 13.2. The third-order valence-electron chi connectivity index (χ3n) is 2.64. The molecule has 90 valence electrons. The zero-order valence-corrected chi connectivity index (χ0v) is 10.7. The van der Waals surface area contributed by atoms with E-state index in [1.807, 2.05) is 32.0 Å². The lowest BCUT2D eigenvalue weighted by Gasteiger charge is -2.15. The molecule has 1 N–H and O–H groups in total. The van der Waals surface area contributed by atoms with E-state index in [0.717, 1.165) is 16.7 Å². The normalized spacial score (nSPS) is 13.8. The van der Waals surface area contributed by atoms with Crippen LogP contribution in [-0.4, -0.2) is 25.5 Å². The first-order valence-electron chi connectivity index (χ1n) is 5.23. The van der Waals surface area contributed by atoms with Crippen LogP contribution in [0.1, 0.15) is 29.2 Å². The highest BCUT2D eigenvalue weighted by atomic mass is 32.2. The molecule has 1 aromatic carbocycles. The number of benzene rings is 1. The SMILES string of the molecule is Cc1cccc(C)c1C(O)CCS(C)(=O)=O. The fraction of sp³-hybridized carbons (Fsp3) is 0.500. The van der Waals surface area contributed by atoms with Gasteiger partial charge in [-0.1, -0.05) is 18.2 Å². The van der Waals surface area contributed by atoms with Crippen LogP contribution < -0.4 is 0 Å². The summed E-state index contributed by atoms with van der Waals surface area (Å²) in [6.07, 6.45) is 0.741. The first-order chi connectivity index (χ1) is 7.31. The van der Waals surface area contributed by atoms with Crippen molar-refractivity contribution in [2.45, 2.75) is 26.4 Å². The van der Waals surface area contributed by atoms with E-state index in [1.54, 1.807) is 0 Å². The summed E-state index contributed by atoms with van der Waals surface area (Å²) in [5.41, 5.74) is 2.85. The van der Waals surface area contributed by atoms with Gasteiger partial charge in [-0.25, -0.2) is 8.42 Å². The molecule has 1 rings (SSSR count). The molecule has 1 aromatic rings. The second kappa shape index (κ2) is 4.97. The van der Waals surface area contributed by atoms with Crippen molar-refractivity contribution < 1.29 is 13.5 Å². The van der Waals surface area contributed by atoms with Crippen LogP contribution in [0.25, 0.3) is 0 Å². The molecule has 0 aliphatic heterocycles. The van der Waals surface area contributed by atoms with E-state index in [2.05, 4.69) is 0 Å². The number of aliphatic hydroxyl groups excluding tert-OH is 1. The Kier molecular flexibility index (Phi) is 4.10. The minimum absolute atomic E-state index is 0.0158. The molecule has 0 radical (unpaired) electrons. The Labute approximate surface area is 97.0 Å². The second-order valence-electron chi connectivity index (χ2n) is 4.24. The molecule has 16 heavy (non-hydrogen) atoms. The van der Waals surface area contributed by atoms with E-state index in [4.69, 9.17) is 0 Å². The maximum Gasteiger partial charge on any atom is 0.147 e. The van der Waals surface area contributed by atoms with Crippen molar-refractivity contribution in [1.29, 1.82) is 0 Å². The van der Waals surface area contributed by atoms with E-state index < -0.39 is 15.9 Å². The fourth-order valence-electron chi connectivity index (χ4n) is 1.82. The van der Waals surface area contributed by atoms with Gasteiger partial charge >= 0.3 is 0 Å². The minimum atomic E-state index is -3.01. The molecular weight excluding hydrogens is 224 g/mol. The molecule has 0 saturated heterocycles. The summed E-state index contributed by atoms with van der Waals surface area (Å²) in [5.74, 6) is 0.0158. The number of hydrogen-bond donors (Lipinski definition) is 1. The Balaban J connectivity index is 2.85. The van der Waals surface area contributed by atoms with E-state index in [-0.39, 0.29) is 12.2 Å². The Bertz CT molecular complexity index is 443. The van der Waals surface area contributed by atoms with Crippen LogP contribution >= 0.6 is 0 Å². The van der Waals surface area contributed by atoms with Gasteiger partial charge in [0.05, 0.1) is 11.9 Å². The van der Waals surface area contributed by atoms with Gasteiger partial charge in [-0.3, -0.25) is 0 Å². The van der Waals surface area contributed by atoms with Crippen molar-refractivity contribution in [3.8, 4) is 0 Å². The summed E-state index contributed by atoms with van der Waals surface area (Å²) in [5, 5.41) is 9.98. The maximum atomic E-state index is 11.0.